The second-order valence-electron chi connectivity index (χ2n) is 9.07. The van der Waals surface area contributed by atoms with Crippen LogP contribution < -0.4 is 0 Å². The first-order valence-corrected chi connectivity index (χ1v) is 12.3. The van der Waals surface area contributed by atoms with Crippen LogP contribution in [0.4, 0.5) is 0 Å². The van der Waals surface area contributed by atoms with E-state index in [9.17, 15) is 4.79 Å². The first-order chi connectivity index (χ1) is 10.7. The summed E-state index contributed by atoms with van der Waals surface area (Å²) >= 11 is 0. The fourth-order valence-electron chi connectivity index (χ4n) is 5.98. The van der Waals surface area contributed by atoms with Gasteiger partial charge < -0.3 is 13.9 Å². The van der Waals surface area contributed by atoms with Crippen LogP contribution in [0, 0.1) is 16.7 Å². The number of esters is 1. The summed E-state index contributed by atoms with van der Waals surface area (Å²) in [6, 6.07) is 0. The lowest BCUT2D eigenvalue weighted by Gasteiger charge is -2.54. The van der Waals surface area contributed by atoms with Gasteiger partial charge >= 0.3 is 5.97 Å². The zero-order valence-electron chi connectivity index (χ0n) is 14.9. The first-order valence-electron chi connectivity index (χ1n) is 8.86. The van der Waals surface area contributed by atoms with E-state index in [-0.39, 0.29) is 28.5 Å². The van der Waals surface area contributed by atoms with E-state index < -0.39 is 8.32 Å². The third-order valence-electron chi connectivity index (χ3n) is 6.95. The standard InChI is InChI=1S/C18H28O4Si/c1-12-6-9-18-16(2)11-20-15(19)13(16)7-8-17(12,18)14(10-21-18)22-23(3,4)5/h7,12,14H,6,8-11H2,1-5H3/t12-,14-,16-,17+,18-/m1/s1. The Hall–Kier alpha value is -0.653. The summed E-state index contributed by atoms with van der Waals surface area (Å²) in [5.41, 5.74) is 0.195. The Labute approximate surface area is 139 Å². The van der Waals surface area contributed by atoms with E-state index in [1.54, 1.807) is 0 Å². The predicted octanol–water partition coefficient (Wildman–Crippen LogP) is 3.29. The smallest absolute Gasteiger partial charge is 0.334 e. The summed E-state index contributed by atoms with van der Waals surface area (Å²) in [5.74, 6) is 0.393. The summed E-state index contributed by atoms with van der Waals surface area (Å²) in [5, 5.41) is 0. The van der Waals surface area contributed by atoms with Crippen LogP contribution in [0.15, 0.2) is 11.6 Å². The fourth-order valence-corrected chi connectivity index (χ4v) is 7.11. The fraction of sp³-hybridized carbons (Fsp3) is 0.833. The Morgan fingerprint density at radius 2 is 2.09 bits per heavy atom. The maximum atomic E-state index is 12.2. The van der Waals surface area contributed by atoms with Crippen LogP contribution >= 0.6 is 0 Å². The average molecular weight is 337 g/mol. The highest BCUT2D eigenvalue weighted by atomic mass is 28.4. The van der Waals surface area contributed by atoms with E-state index in [0.29, 0.717) is 19.1 Å². The Morgan fingerprint density at radius 1 is 1.35 bits per heavy atom. The molecule has 4 nitrogen and oxygen atoms in total. The molecule has 4 rings (SSSR count). The molecule has 0 bridgehead atoms. The molecule has 2 aliphatic heterocycles. The SMILES string of the molecule is C[C@@H]1CC[C@]23OC[C@@H](O[Si](C)(C)C)[C@]12CC=C1C(=O)OC[C@]13C. The van der Waals surface area contributed by atoms with Gasteiger partial charge in [-0.1, -0.05) is 13.0 Å². The Balaban J connectivity index is 1.85. The average Bonchev–Trinajstić information content (AvgIpc) is 3.03. The summed E-state index contributed by atoms with van der Waals surface area (Å²) < 4.78 is 18.7. The van der Waals surface area contributed by atoms with Gasteiger partial charge in [-0.3, -0.25) is 0 Å². The van der Waals surface area contributed by atoms with E-state index in [1.165, 1.54) is 0 Å². The molecule has 0 spiro atoms. The number of carbonyl (C=O) groups is 1. The molecule has 0 amide bonds. The Morgan fingerprint density at radius 3 is 2.78 bits per heavy atom. The monoisotopic (exact) mass is 336 g/mol. The summed E-state index contributed by atoms with van der Waals surface area (Å²) in [6.07, 6.45) is 5.30. The van der Waals surface area contributed by atoms with Crippen LogP contribution in [0.5, 0.6) is 0 Å². The molecule has 0 aromatic carbocycles. The van der Waals surface area contributed by atoms with Crippen molar-refractivity contribution in [3.63, 3.8) is 0 Å². The predicted molar refractivity (Wildman–Crippen MR) is 89.5 cm³/mol. The molecule has 2 aliphatic carbocycles. The molecule has 4 aliphatic rings. The largest absolute Gasteiger partial charge is 0.461 e. The second-order valence-corrected chi connectivity index (χ2v) is 13.5. The van der Waals surface area contributed by atoms with Crippen molar-refractivity contribution in [1.29, 1.82) is 0 Å². The topological polar surface area (TPSA) is 44.8 Å². The van der Waals surface area contributed by atoms with Crippen LogP contribution in [0.1, 0.15) is 33.1 Å². The number of rotatable bonds is 2. The Bertz CT molecular complexity index is 594. The van der Waals surface area contributed by atoms with Gasteiger partial charge in [0.1, 0.15) is 6.61 Å². The van der Waals surface area contributed by atoms with Crippen LogP contribution in [0.3, 0.4) is 0 Å². The molecule has 0 aromatic heterocycles. The minimum absolute atomic E-state index is 0.0144. The van der Waals surface area contributed by atoms with Crippen molar-refractivity contribution in [3.05, 3.63) is 11.6 Å². The molecule has 1 saturated carbocycles. The van der Waals surface area contributed by atoms with Gasteiger partial charge in [0, 0.05) is 11.0 Å². The lowest BCUT2D eigenvalue weighted by Crippen LogP contribution is -2.61. The van der Waals surface area contributed by atoms with Gasteiger partial charge in [-0.15, -0.1) is 0 Å². The van der Waals surface area contributed by atoms with E-state index in [4.69, 9.17) is 13.9 Å². The maximum absolute atomic E-state index is 12.2. The molecule has 2 saturated heterocycles. The third kappa shape index (κ3) is 1.71. The van der Waals surface area contributed by atoms with E-state index in [1.807, 2.05) is 0 Å². The van der Waals surface area contributed by atoms with Gasteiger partial charge in [0.2, 0.25) is 0 Å². The number of cyclic esters (lactones) is 1. The van der Waals surface area contributed by atoms with Gasteiger partial charge in [-0.25, -0.2) is 4.79 Å². The summed E-state index contributed by atoms with van der Waals surface area (Å²) in [7, 11) is -1.67. The minimum Gasteiger partial charge on any atom is -0.461 e. The van der Waals surface area contributed by atoms with Crippen molar-refractivity contribution in [1.82, 2.24) is 0 Å². The number of carbonyl (C=O) groups excluding carboxylic acids is 1. The van der Waals surface area contributed by atoms with Crippen molar-refractivity contribution in [2.45, 2.75) is 64.5 Å². The first kappa shape index (κ1) is 15.9. The lowest BCUT2D eigenvalue weighted by molar-refractivity contribution is -0.144. The summed E-state index contributed by atoms with van der Waals surface area (Å²) in [6.45, 7) is 12.4. The van der Waals surface area contributed by atoms with Crippen LogP contribution in [0.25, 0.3) is 0 Å². The summed E-state index contributed by atoms with van der Waals surface area (Å²) in [4.78, 5) is 12.2. The van der Waals surface area contributed by atoms with Gasteiger partial charge in [0.15, 0.2) is 8.32 Å². The van der Waals surface area contributed by atoms with Crippen molar-refractivity contribution in [2.24, 2.45) is 16.7 Å². The van der Waals surface area contributed by atoms with Gasteiger partial charge in [-0.2, -0.15) is 0 Å². The number of fused-ring (bicyclic) bond motifs is 1. The van der Waals surface area contributed by atoms with E-state index in [2.05, 4.69) is 39.6 Å². The van der Waals surface area contributed by atoms with Crippen LogP contribution in [-0.4, -0.2) is 39.2 Å². The van der Waals surface area contributed by atoms with Crippen molar-refractivity contribution in [3.8, 4) is 0 Å². The quantitative estimate of drug-likeness (QED) is 0.573. The minimum atomic E-state index is -1.67. The molecule has 2 heterocycles. The Kier molecular flexibility index (Phi) is 3.10. The third-order valence-corrected chi connectivity index (χ3v) is 7.95. The molecule has 0 aromatic rings. The number of allylic oxidation sites excluding steroid dienone is 1. The highest BCUT2D eigenvalue weighted by molar-refractivity contribution is 6.69. The number of hydrogen-bond donors (Lipinski definition) is 0. The maximum Gasteiger partial charge on any atom is 0.334 e. The van der Waals surface area contributed by atoms with Crippen molar-refractivity contribution in [2.75, 3.05) is 13.2 Å². The molecule has 0 N–H and O–H groups in total. The molecule has 23 heavy (non-hydrogen) atoms. The van der Waals surface area contributed by atoms with E-state index in [0.717, 1.165) is 24.8 Å². The molecular weight excluding hydrogens is 308 g/mol. The van der Waals surface area contributed by atoms with Gasteiger partial charge in [-0.05, 0) is 51.7 Å². The molecule has 3 fully saturated rings. The van der Waals surface area contributed by atoms with E-state index >= 15 is 0 Å². The molecule has 0 unspecified atom stereocenters. The zero-order valence-corrected chi connectivity index (χ0v) is 15.9. The normalized spacial score (nSPS) is 48.6. The molecule has 5 heteroatoms. The zero-order chi connectivity index (χ0) is 16.7. The van der Waals surface area contributed by atoms with Crippen LogP contribution in [0.2, 0.25) is 19.6 Å². The van der Waals surface area contributed by atoms with Gasteiger partial charge in [0.25, 0.3) is 0 Å². The van der Waals surface area contributed by atoms with Crippen molar-refractivity contribution >= 4 is 14.3 Å². The van der Waals surface area contributed by atoms with Gasteiger partial charge in [0.05, 0.1) is 23.7 Å². The highest BCUT2D eigenvalue weighted by Gasteiger charge is 2.77. The lowest BCUT2D eigenvalue weighted by atomic mass is 9.52. The van der Waals surface area contributed by atoms with Crippen molar-refractivity contribution < 1.29 is 18.7 Å². The molecule has 0 radical (unpaired) electrons. The molecular formula is C18H28O4Si. The second kappa shape index (κ2) is 4.49. The number of hydrogen-bond acceptors (Lipinski definition) is 4. The van der Waals surface area contributed by atoms with Crippen LogP contribution in [-0.2, 0) is 18.7 Å². The number of ether oxygens (including phenoxy) is 2. The highest BCUT2D eigenvalue weighted by Crippen LogP contribution is 2.71. The molecule has 128 valence electrons. The molecule has 5 atom stereocenters.